The molecule has 0 heterocycles. The summed E-state index contributed by atoms with van der Waals surface area (Å²) in [7, 11) is 0. The maximum Gasteiger partial charge on any atom is 0.271 e. The van der Waals surface area contributed by atoms with E-state index in [4.69, 9.17) is 0 Å². The first-order valence-electron chi connectivity index (χ1n) is 4.96. The van der Waals surface area contributed by atoms with Crippen LogP contribution in [0, 0.1) is 6.92 Å². The third-order valence-electron chi connectivity index (χ3n) is 2.55. The zero-order valence-corrected chi connectivity index (χ0v) is 10.6. The lowest BCUT2D eigenvalue weighted by Crippen LogP contribution is -2.07. The normalized spacial score (nSPS) is 12.1. The predicted molar refractivity (Wildman–Crippen MR) is 66.0 cm³/mol. The Balaban J connectivity index is 2.74. The zero-order valence-electron chi connectivity index (χ0n) is 9.02. The van der Waals surface area contributed by atoms with Gasteiger partial charge in [-0.05, 0) is 29.8 Å². The van der Waals surface area contributed by atoms with Crippen molar-refractivity contribution in [3.8, 4) is 0 Å². The lowest BCUT2D eigenvalue weighted by molar-refractivity contribution is 0.0168. The van der Waals surface area contributed by atoms with Crippen LogP contribution in [0.1, 0.15) is 18.1 Å². The van der Waals surface area contributed by atoms with E-state index >= 15 is 0 Å². The van der Waals surface area contributed by atoms with Gasteiger partial charge in [-0.2, -0.15) is 0 Å². The number of fused-ring (bicyclic) bond motifs is 1. The molecule has 0 fully saturated rings. The average Bonchev–Trinajstić information content (AvgIpc) is 2.16. The second-order valence-corrected chi connectivity index (χ2v) is 4.93. The van der Waals surface area contributed by atoms with Crippen LogP contribution in [0.5, 0.6) is 0 Å². The molecule has 0 aliphatic rings. The van der Waals surface area contributed by atoms with Crippen molar-refractivity contribution in [1.82, 2.24) is 0 Å². The summed E-state index contributed by atoms with van der Waals surface area (Å²) in [5, 5.41) is 1.81. The molecule has 0 amide bonds. The maximum absolute atomic E-state index is 13.3. The largest absolute Gasteiger partial charge is 0.271 e. The van der Waals surface area contributed by atoms with Gasteiger partial charge in [-0.15, -0.1) is 0 Å². The van der Waals surface area contributed by atoms with Gasteiger partial charge in [0, 0.05) is 17.0 Å². The molecule has 16 heavy (non-hydrogen) atoms. The number of hydrogen-bond acceptors (Lipinski definition) is 0. The lowest BCUT2D eigenvalue weighted by Gasteiger charge is -2.14. The molecule has 2 aromatic rings. The molecular formula is C13H11BrF2. The average molecular weight is 285 g/mol. The summed E-state index contributed by atoms with van der Waals surface area (Å²) in [5.74, 6) is -2.82. The molecule has 84 valence electrons. The standard InChI is InChI=1S/C13H11BrF2/c1-8-3-4-9-7-12(14)11(13(2,15)16)6-10(9)5-8/h3-7H,1-2H3. The summed E-state index contributed by atoms with van der Waals surface area (Å²) < 4.78 is 27.1. The molecule has 3 heteroatoms. The molecule has 0 spiro atoms. The summed E-state index contributed by atoms with van der Waals surface area (Å²) in [6.45, 7) is 2.86. The Kier molecular flexibility index (Phi) is 2.74. The minimum Gasteiger partial charge on any atom is -0.202 e. The molecule has 0 unspecified atom stereocenters. The van der Waals surface area contributed by atoms with E-state index in [-0.39, 0.29) is 5.56 Å². The van der Waals surface area contributed by atoms with Crippen LogP contribution in [0.3, 0.4) is 0 Å². The SMILES string of the molecule is Cc1ccc2cc(Br)c(C(C)(F)F)cc2c1. The van der Waals surface area contributed by atoms with Gasteiger partial charge >= 0.3 is 0 Å². The number of alkyl halides is 2. The van der Waals surface area contributed by atoms with Crippen LogP contribution in [-0.2, 0) is 5.92 Å². The highest BCUT2D eigenvalue weighted by atomic mass is 79.9. The van der Waals surface area contributed by atoms with E-state index in [2.05, 4.69) is 15.9 Å². The van der Waals surface area contributed by atoms with Crippen LogP contribution in [0.25, 0.3) is 10.8 Å². The van der Waals surface area contributed by atoms with Crippen molar-refractivity contribution in [2.45, 2.75) is 19.8 Å². The van der Waals surface area contributed by atoms with Crippen LogP contribution in [-0.4, -0.2) is 0 Å². The van der Waals surface area contributed by atoms with E-state index in [1.165, 1.54) is 0 Å². The number of rotatable bonds is 1. The Labute approximate surface area is 101 Å². The minimum absolute atomic E-state index is 0.0330. The van der Waals surface area contributed by atoms with Crippen molar-refractivity contribution in [3.63, 3.8) is 0 Å². The highest BCUT2D eigenvalue weighted by Gasteiger charge is 2.27. The molecule has 0 aliphatic heterocycles. The van der Waals surface area contributed by atoms with E-state index in [9.17, 15) is 8.78 Å². The molecule has 0 atom stereocenters. The van der Waals surface area contributed by atoms with Crippen molar-refractivity contribution in [2.75, 3.05) is 0 Å². The highest BCUT2D eigenvalue weighted by molar-refractivity contribution is 9.10. The molecule has 2 aromatic carbocycles. The number of halogens is 3. The van der Waals surface area contributed by atoms with Gasteiger partial charge in [-0.1, -0.05) is 39.7 Å². The third kappa shape index (κ3) is 2.09. The van der Waals surface area contributed by atoms with E-state index in [0.29, 0.717) is 4.47 Å². The van der Waals surface area contributed by atoms with Gasteiger partial charge in [0.15, 0.2) is 0 Å². The molecule has 0 bridgehead atoms. The van der Waals surface area contributed by atoms with Crippen LogP contribution in [0.4, 0.5) is 8.78 Å². The number of benzene rings is 2. The molecule has 0 N–H and O–H groups in total. The summed E-state index contributed by atoms with van der Waals surface area (Å²) >= 11 is 3.19. The molecule has 0 saturated carbocycles. The van der Waals surface area contributed by atoms with E-state index in [0.717, 1.165) is 23.3 Å². The Morgan fingerprint density at radius 3 is 2.38 bits per heavy atom. The van der Waals surface area contributed by atoms with Crippen molar-refractivity contribution in [3.05, 3.63) is 45.9 Å². The molecule has 0 aliphatic carbocycles. The Hall–Kier alpha value is -0.960. The number of hydrogen-bond donors (Lipinski definition) is 0. The summed E-state index contributed by atoms with van der Waals surface area (Å²) in [6.07, 6.45) is 0. The predicted octanol–water partition coefficient (Wildman–Crippen LogP) is 5.02. The Bertz CT molecular complexity index is 541. The van der Waals surface area contributed by atoms with Gasteiger partial charge in [0.25, 0.3) is 5.92 Å². The van der Waals surface area contributed by atoms with Crippen molar-refractivity contribution >= 4 is 26.7 Å². The van der Waals surface area contributed by atoms with Gasteiger partial charge in [-0.3, -0.25) is 0 Å². The van der Waals surface area contributed by atoms with Crippen LogP contribution >= 0.6 is 15.9 Å². The van der Waals surface area contributed by atoms with Gasteiger partial charge in [-0.25, -0.2) is 8.78 Å². The second-order valence-electron chi connectivity index (χ2n) is 4.07. The molecular weight excluding hydrogens is 274 g/mol. The quantitative estimate of drug-likeness (QED) is 0.690. The smallest absolute Gasteiger partial charge is 0.202 e. The highest BCUT2D eigenvalue weighted by Crippen LogP contribution is 2.35. The summed E-state index contributed by atoms with van der Waals surface area (Å²) in [6, 6.07) is 9.11. The fourth-order valence-corrected chi connectivity index (χ4v) is 2.43. The van der Waals surface area contributed by atoms with Crippen LogP contribution in [0.15, 0.2) is 34.8 Å². The maximum atomic E-state index is 13.3. The third-order valence-corrected chi connectivity index (χ3v) is 3.21. The van der Waals surface area contributed by atoms with Gasteiger partial charge in [0.1, 0.15) is 0 Å². The molecule has 0 saturated heterocycles. The molecule has 0 aromatic heterocycles. The summed E-state index contributed by atoms with van der Waals surface area (Å²) in [4.78, 5) is 0. The Morgan fingerprint density at radius 2 is 1.75 bits per heavy atom. The van der Waals surface area contributed by atoms with Crippen molar-refractivity contribution in [1.29, 1.82) is 0 Å². The fraction of sp³-hybridized carbons (Fsp3) is 0.231. The second kappa shape index (κ2) is 3.81. The number of aryl methyl sites for hydroxylation is 1. The van der Waals surface area contributed by atoms with Gasteiger partial charge in [0.05, 0.1) is 0 Å². The first-order valence-corrected chi connectivity index (χ1v) is 5.75. The molecule has 0 nitrogen and oxygen atoms in total. The zero-order chi connectivity index (χ0) is 11.9. The van der Waals surface area contributed by atoms with E-state index in [1.807, 2.05) is 25.1 Å². The molecule has 2 rings (SSSR count). The first kappa shape index (κ1) is 11.5. The molecule has 0 radical (unpaired) electrons. The van der Waals surface area contributed by atoms with E-state index in [1.54, 1.807) is 12.1 Å². The van der Waals surface area contributed by atoms with Crippen LogP contribution < -0.4 is 0 Å². The van der Waals surface area contributed by atoms with Crippen molar-refractivity contribution in [2.24, 2.45) is 0 Å². The van der Waals surface area contributed by atoms with Gasteiger partial charge < -0.3 is 0 Å². The fourth-order valence-electron chi connectivity index (χ4n) is 1.73. The monoisotopic (exact) mass is 284 g/mol. The summed E-state index contributed by atoms with van der Waals surface area (Å²) in [5.41, 5.74) is 1.10. The van der Waals surface area contributed by atoms with Crippen LogP contribution in [0.2, 0.25) is 0 Å². The van der Waals surface area contributed by atoms with E-state index < -0.39 is 5.92 Å². The topological polar surface area (TPSA) is 0 Å². The Morgan fingerprint density at radius 1 is 1.06 bits per heavy atom. The van der Waals surface area contributed by atoms with Gasteiger partial charge in [0.2, 0.25) is 0 Å². The first-order chi connectivity index (χ1) is 7.38. The lowest BCUT2D eigenvalue weighted by atomic mass is 10.0. The minimum atomic E-state index is -2.82. The van der Waals surface area contributed by atoms with Crippen molar-refractivity contribution < 1.29 is 8.78 Å².